The minimum Gasteiger partial charge on any atom is -0.383 e. The van der Waals surface area contributed by atoms with Crippen LogP contribution < -0.4 is 5.73 Å². The molecule has 5 rings (SSSR count). The molecule has 1 saturated heterocycles. The van der Waals surface area contributed by atoms with Gasteiger partial charge in [0.05, 0.1) is 16.5 Å². The fourth-order valence-corrected chi connectivity index (χ4v) is 4.46. The molecule has 0 amide bonds. The molecule has 1 aliphatic rings. The van der Waals surface area contributed by atoms with Gasteiger partial charge < -0.3 is 5.73 Å². The van der Waals surface area contributed by atoms with Gasteiger partial charge in [-0.1, -0.05) is 12.1 Å². The van der Waals surface area contributed by atoms with E-state index >= 15 is 0 Å². The highest BCUT2D eigenvalue weighted by molar-refractivity contribution is 5.89. The number of benzene rings is 1. The van der Waals surface area contributed by atoms with Crippen molar-refractivity contribution in [2.45, 2.75) is 31.5 Å². The smallest absolute Gasteiger partial charge is 0.383 e. The van der Waals surface area contributed by atoms with Crippen LogP contribution in [0.2, 0.25) is 0 Å². The quantitative estimate of drug-likeness (QED) is 0.505. The maximum absolute atomic E-state index is 13.8. The van der Waals surface area contributed by atoms with Crippen molar-refractivity contribution in [2.24, 2.45) is 0 Å². The van der Waals surface area contributed by atoms with Gasteiger partial charge in [0.15, 0.2) is 5.65 Å². The number of halogens is 3. The van der Waals surface area contributed by atoms with Crippen molar-refractivity contribution in [3.8, 4) is 0 Å². The van der Waals surface area contributed by atoms with Crippen molar-refractivity contribution >= 4 is 27.8 Å². The van der Waals surface area contributed by atoms with E-state index in [4.69, 9.17) is 5.73 Å². The van der Waals surface area contributed by atoms with Crippen LogP contribution in [0.4, 0.5) is 19.0 Å². The fourth-order valence-electron chi connectivity index (χ4n) is 4.46. The van der Waals surface area contributed by atoms with Crippen LogP contribution >= 0.6 is 0 Å². The summed E-state index contributed by atoms with van der Waals surface area (Å²) in [4.78, 5) is 18.7. The Morgan fingerprint density at radius 1 is 1.09 bits per heavy atom. The van der Waals surface area contributed by atoms with Crippen LogP contribution in [0.5, 0.6) is 0 Å². The van der Waals surface area contributed by atoms with Gasteiger partial charge in [0, 0.05) is 36.3 Å². The number of piperidine rings is 1. The van der Waals surface area contributed by atoms with Crippen molar-refractivity contribution < 1.29 is 13.2 Å². The Morgan fingerprint density at radius 2 is 1.97 bits per heavy atom. The zero-order valence-corrected chi connectivity index (χ0v) is 17.2. The lowest BCUT2D eigenvalue weighted by Crippen LogP contribution is -2.34. The molecule has 2 N–H and O–H groups in total. The maximum Gasteiger partial charge on any atom is 0.417 e. The van der Waals surface area contributed by atoms with Crippen LogP contribution in [0.15, 0.2) is 48.9 Å². The number of anilines is 1. The molecule has 0 unspecified atom stereocenters. The molecule has 1 atom stereocenters. The van der Waals surface area contributed by atoms with E-state index in [9.17, 15) is 13.2 Å². The van der Waals surface area contributed by atoms with Crippen molar-refractivity contribution in [1.29, 1.82) is 0 Å². The average molecular weight is 438 g/mol. The molecule has 6 nitrogen and oxygen atoms in total. The summed E-state index contributed by atoms with van der Waals surface area (Å²) < 4.78 is 41.3. The van der Waals surface area contributed by atoms with Crippen molar-refractivity contribution in [3.05, 3.63) is 65.7 Å². The van der Waals surface area contributed by atoms with E-state index in [1.807, 2.05) is 18.2 Å². The highest BCUT2D eigenvalue weighted by Gasteiger charge is 2.36. The van der Waals surface area contributed by atoms with Gasteiger partial charge in [-0.15, -0.1) is 0 Å². The molecule has 4 heterocycles. The summed E-state index contributed by atoms with van der Waals surface area (Å²) in [5.41, 5.74) is 7.37. The molecule has 3 aromatic heterocycles. The molecule has 0 bridgehead atoms. The SMILES string of the molecule is Nc1ncnc2nc([C@@H]3CCCN(Cc4ccc5ncccc5c4)C3)cc(C(F)(F)F)c12. The molecule has 0 radical (unpaired) electrons. The van der Waals surface area contributed by atoms with Crippen molar-refractivity contribution in [3.63, 3.8) is 0 Å². The Labute approximate surface area is 182 Å². The second-order valence-electron chi connectivity index (χ2n) is 8.15. The van der Waals surface area contributed by atoms with E-state index in [2.05, 4.69) is 37.0 Å². The number of hydrogen-bond donors (Lipinski definition) is 1. The monoisotopic (exact) mass is 438 g/mol. The zero-order valence-electron chi connectivity index (χ0n) is 17.2. The highest BCUT2D eigenvalue weighted by atomic mass is 19.4. The maximum atomic E-state index is 13.8. The lowest BCUT2D eigenvalue weighted by atomic mass is 9.92. The standard InChI is InChI=1S/C23H21F3N6/c24-23(25,26)17-10-19(31-22-20(17)21(27)29-13-30-22)16-4-2-8-32(12-16)11-14-5-6-18-15(9-14)3-1-7-28-18/h1,3,5-7,9-10,13,16H,2,4,8,11-12H2,(H2,27,29,30,31)/t16-/m1/s1. The third-order valence-corrected chi connectivity index (χ3v) is 5.96. The Morgan fingerprint density at radius 3 is 2.81 bits per heavy atom. The molecule has 1 aromatic carbocycles. The molecule has 0 aliphatic carbocycles. The van der Waals surface area contributed by atoms with Gasteiger partial charge in [-0.2, -0.15) is 13.2 Å². The van der Waals surface area contributed by atoms with E-state index in [1.54, 1.807) is 6.20 Å². The summed E-state index contributed by atoms with van der Waals surface area (Å²) in [5.74, 6) is -0.329. The number of likely N-dealkylation sites (tertiary alicyclic amines) is 1. The average Bonchev–Trinajstić information content (AvgIpc) is 2.78. The summed E-state index contributed by atoms with van der Waals surface area (Å²) in [6.45, 7) is 2.23. The molecule has 32 heavy (non-hydrogen) atoms. The van der Waals surface area contributed by atoms with E-state index in [1.165, 1.54) is 0 Å². The summed E-state index contributed by atoms with van der Waals surface area (Å²) in [7, 11) is 0. The summed E-state index contributed by atoms with van der Waals surface area (Å²) in [6, 6.07) is 11.2. The van der Waals surface area contributed by atoms with E-state index < -0.39 is 11.7 Å². The van der Waals surface area contributed by atoms with Crippen molar-refractivity contribution in [2.75, 3.05) is 18.8 Å². The first-order valence-electron chi connectivity index (χ1n) is 10.4. The first-order chi connectivity index (χ1) is 15.4. The number of pyridine rings is 2. The molecule has 164 valence electrons. The molecule has 1 aliphatic heterocycles. The summed E-state index contributed by atoms with van der Waals surface area (Å²) >= 11 is 0. The van der Waals surface area contributed by atoms with Gasteiger partial charge in [-0.3, -0.25) is 9.88 Å². The predicted molar refractivity (Wildman–Crippen MR) is 116 cm³/mol. The third kappa shape index (κ3) is 3.95. The topological polar surface area (TPSA) is 80.8 Å². The summed E-state index contributed by atoms with van der Waals surface area (Å²) in [6.07, 6.45) is 0.00144. The second kappa shape index (κ2) is 7.98. The van der Waals surface area contributed by atoms with E-state index in [0.29, 0.717) is 12.2 Å². The van der Waals surface area contributed by atoms with Crippen LogP contribution in [0.3, 0.4) is 0 Å². The second-order valence-corrected chi connectivity index (χ2v) is 8.15. The number of nitrogens with two attached hydrogens (primary N) is 1. The Hall–Kier alpha value is -3.33. The molecule has 0 saturated carbocycles. The number of rotatable bonds is 3. The number of nitrogen functional groups attached to an aromatic ring is 1. The third-order valence-electron chi connectivity index (χ3n) is 5.96. The van der Waals surface area contributed by atoms with Gasteiger partial charge in [0.1, 0.15) is 12.1 Å². The summed E-state index contributed by atoms with van der Waals surface area (Å²) in [5, 5.41) is 0.836. The number of hydrogen-bond acceptors (Lipinski definition) is 6. The first kappa shape index (κ1) is 20.6. The van der Waals surface area contributed by atoms with Gasteiger partial charge in [0.2, 0.25) is 0 Å². The number of nitrogens with zero attached hydrogens (tertiary/aromatic N) is 5. The molecule has 1 fully saturated rings. The number of aromatic nitrogens is 4. The van der Waals surface area contributed by atoms with Gasteiger partial charge in [-0.05, 0) is 49.2 Å². The van der Waals surface area contributed by atoms with Crippen LogP contribution in [0, 0.1) is 0 Å². The van der Waals surface area contributed by atoms with Crippen molar-refractivity contribution in [1.82, 2.24) is 24.8 Å². The minimum absolute atomic E-state index is 0.0125. The molecule has 0 spiro atoms. The predicted octanol–water partition coefficient (Wildman–Crippen LogP) is 4.55. The first-order valence-corrected chi connectivity index (χ1v) is 10.4. The van der Waals surface area contributed by atoms with Crippen LogP contribution in [0.1, 0.15) is 35.6 Å². The lowest BCUT2D eigenvalue weighted by Gasteiger charge is -2.33. The highest BCUT2D eigenvalue weighted by Crippen LogP contribution is 2.38. The molecular formula is C23H21F3N6. The minimum atomic E-state index is -4.57. The van der Waals surface area contributed by atoms with Gasteiger partial charge >= 0.3 is 6.18 Å². The van der Waals surface area contributed by atoms with Gasteiger partial charge in [0.25, 0.3) is 0 Å². The number of alkyl halides is 3. The van der Waals surface area contributed by atoms with Crippen LogP contribution in [0.25, 0.3) is 21.9 Å². The van der Waals surface area contributed by atoms with E-state index in [-0.39, 0.29) is 22.8 Å². The largest absolute Gasteiger partial charge is 0.417 e. The molecule has 4 aromatic rings. The van der Waals surface area contributed by atoms with E-state index in [0.717, 1.165) is 54.8 Å². The van der Waals surface area contributed by atoms with Crippen LogP contribution in [-0.4, -0.2) is 37.9 Å². The normalized spacial score (nSPS) is 17.8. The Balaban J connectivity index is 1.43. The van der Waals surface area contributed by atoms with Crippen LogP contribution in [-0.2, 0) is 12.7 Å². The Bertz CT molecular complexity index is 1290. The lowest BCUT2D eigenvalue weighted by molar-refractivity contribution is -0.136. The number of fused-ring (bicyclic) bond motifs is 2. The zero-order chi connectivity index (χ0) is 22.3. The molecule has 9 heteroatoms. The fraction of sp³-hybridized carbons (Fsp3) is 0.304. The molecular weight excluding hydrogens is 417 g/mol. The Kier molecular flexibility index (Phi) is 5.13. The van der Waals surface area contributed by atoms with Gasteiger partial charge in [-0.25, -0.2) is 15.0 Å².